The minimum Gasteiger partial charge on any atom is -0.330 e. The summed E-state index contributed by atoms with van der Waals surface area (Å²) < 4.78 is 0. The summed E-state index contributed by atoms with van der Waals surface area (Å²) in [5, 5.41) is 14.2. The Labute approximate surface area is 149 Å². The number of anilines is 2. The number of benzene rings is 2. The lowest BCUT2D eigenvalue weighted by Gasteiger charge is -2.05. The van der Waals surface area contributed by atoms with Crippen molar-refractivity contribution in [2.45, 2.75) is 18.2 Å². The zero-order valence-electron chi connectivity index (χ0n) is 12.6. The molecule has 0 bridgehead atoms. The smallest absolute Gasteiger partial charge is 0.210 e. The summed E-state index contributed by atoms with van der Waals surface area (Å²) in [6.45, 7) is 2.19. The Morgan fingerprint density at radius 3 is 2.83 bits per heavy atom. The highest BCUT2D eigenvalue weighted by atomic mass is 35.5. The number of nitrogens with zero attached hydrogens (tertiary/aromatic N) is 2. The molecular formula is C17H16ClN3S2. The molecule has 1 heterocycles. The number of aromatic nitrogens is 2. The van der Waals surface area contributed by atoms with Crippen molar-refractivity contribution in [2.24, 2.45) is 0 Å². The third kappa shape index (κ3) is 4.25. The molecule has 0 aliphatic rings. The van der Waals surface area contributed by atoms with Crippen molar-refractivity contribution in [3.05, 3.63) is 53.6 Å². The summed E-state index contributed by atoms with van der Waals surface area (Å²) in [5.74, 6) is 1.10. The van der Waals surface area contributed by atoms with Crippen molar-refractivity contribution in [3.63, 3.8) is 0 Å². The van der Waals surface area contributed by atoms with Crippen LogP contribution in [-0.2, 0) is 0 Å². The first kappa shape index (κ1) is 16.3. The Kier molecular flexibility index (Phi) is 5.54. The molecule has 118 valence electrons. The van der Waals surface area contributed by atoms with Crippen LogP contribution in [0.1, 0.15) is 13.3 Å². The fourth-order valence-corrected chi connectivity index (χ4v) is 4.03. The summed E-state index contributed by atoms with van der Waals surface area (Å²) >= 11 is 9.41. The van der Waals surface area contributed by atoms with Gasteiger partial charge in [0.1, 0.15) is 0 Å². The Morgan fingerprint density at radius 1 is 1.13 bits per heavy atom. The Hall–Kier alpha value is -1.56. The number of nitrogens with one attached hydrogen (secondary N) is 1. The van der Waals surface area contributed by atoms with E-state index < -0.39 is 0 Å². The van der Waals surface area contributed by atoms with Gasteiger partial charge in [-0.2, -0.15) is 0 Å². The van der Waals surface area contributed by atoms with Crippen LogP contribution in [-0.4, -0.2) is 16.0 Å². The van der Waals surface area contributed by atoms with Crippen LogP contribution >= 0.6 is 34.7 Å². The lowest BCUT2D eigenvalue weighted by Crippen LogP contribution is -1.88. The van der Waals surface area contributed by atoms with Gasteiger partial charge in [0.25, 0.3) is 0 Å². The molecule has 0 atom stereocenters. The first-order chi connectivity index (χ1) is 11.3. The molecule has 0 aliphatic heterocycles. The molecule has 3 aromatic rings. The second-order valence-electron chi connectivity index (χ2n) is 4.89. The molecule has 1 N–H and O–H groups in total. The Bertz CT molecular complexity index is 789. The summed E-state index contributed by atoms with van der Waals surface area (Å²) in [6.07, 6.45) is 1.15. The summed E-state index contributed by atoms with van der Waals surface area (Å²) in [4.78, 5) is 1.25. The molecule has 6 heteroatoms. The number of thioether (sulfide) groups is 1. The zero-order valence-corrected chi connectivity index (χ0v) is 15.0. The molecular weight excluding hydrogens is 346 g/mol. The summed E-state index contributed by atoms with van der Waals surface area (Å²) in [5.41, 5.74) is 2.05. The third-order valence-corrected chi connectivity index (χ3v) is 5.47. The van der Waals surface area contributed by atoms with Gasteiger partial charge in [0, 0.05) is 21.2 Å². The van der Waals surface area contributed by atoms with Crippen molar-refractivity contribution in [2.75, 3.05) is 11.1 Å². The third-order valence-electron chi connectivity index (χ3n) is 3.08. The molecule has 3 nitrogen and oxygen atoms in total. The normalized spacial score (nSPS) is 10.7. The molecule has 0 aliphatic carbocycles. The van der Waals surface area contributed by atoms with Crippen molar-refractivity contribution in [1.82, 2.24) is 10.2 Å². The predicted octanol–water partition coefficient (Wildman–Crippen LogP) is 6.10. The van der Waals surface area contributed by atoms with Gasteiger partial charge in [-0.3, -0.25) is 0 Å². The average Bonchev–Trinajstić information content (AvgIpc) is 3.01. The molecule has 0 unspecified atom stereocenters. The van der Waals surface area contributed by atoms with E-state index in [0.717, 1.165) is 33.6 Å². The van der Waals surface area contributed by atoms with Gasteiger partial charge in [-0.05, 0) is 36.4 Å². The van der Waals surface area contributed by atoms with Crippen molar-refractivity contribution < 1.29 is 0 Å². The van der Waals surface area contributed by atoms with Gasteiger partial charge in [-0.25, -0.2) is 0 Å². The maximum absolute atomic E-state index is 6.01. The van der Waals surface area contributed by atoms with E-state index >= 15 is 0 Å². The van der Waals surface area contributed by atoms with E-state index in [0.29, 0.717) is 5.02 Å². The minimum atomic E-state index is 0.695. The molecule has 0 saturated carbocycles. The van der Waals surface area contributed by atoms with E-state index in [2.05, 4.69) is 40.6 Å². The van der Waals surface area contributed by atoms with Gasteiger partial charge >= 0.3 is 0 Å². The van der Waals surface area contributed by atoms with Gasteiger partial charge < -0.3 is 5.32 Å². The maximum Gasteiger partial charge on any atom is 0.210 e. The first-order valence-electron chi connectivity index (χ1n) is 7.34. The quantitative estimate of drug-likeness (QED) is 0.538. The highest BCUT2D eigenvalue weighted by Crippen LogP contribution is 2.35. The summed E-state index contributed by atoms with van der Waals surface area (Å²) in [7, 11) is 0. The first-order valence-corrected chi connectivity index (χ1v) is 9.52. The molecule has 23 heavy (non-hydrogen) atoms. The largest absolute Gasteiger partial charge is 0.330 e. The highest BCUT2D eigenvalue weighted by Gasteiger charge is 2.11. The molecule has 1 aromatic heterocycles. The van der Waals surface area contributed by atoms with Crippen LogP contribution in [0.4, 0.5) is 10.8 Å². The van der Waals surface area contributed by atoms with Gasteiger partial charge in [0.2, 0.25) is 5.13 Å². The summed E-state index contributed by atoms with van der Waals surface area (Å²) in [6, 6.07) is 15.9. The van der Waals surface area contributed by atoms with Crippen LogP contribution in [0.5, 0.6) is 0 Å². The van der Waals surface area contributed by atoms with Gasteiger partial charge in [0.05, 0.1) is 0 Å². The zero-order chi connectivity index (χ0) is 16.1. The predicted molar refractivity (Wildman–Crippen MR) is 101 cm³/mol. The van der Waals surface area contributed by atoms with Crippen molar-refractivity contribution >= 4 is 45.5 Å². The SMILES string of the molecule is CCCSc1ccccc1-c1nnc(Nc2cccc(Cl)c2)s1. The van der Waals surface area contributed by atoms with E-state index in [1.165, 1.54) is 4.90 Å². The molecule has 0 saturated heterocycles. The lowest BCUT2D eigenvalue weighted by molar-refractivity contribution is 1.09. The van der Waals surface area contributed by atoms with E-state index in [4.69, 9.17) is 11.6 Å². The van der Waals surface area contributed by atoms with Gasteiger partial charge in [0.15, 0.2) is 5.01 Å². The van der Waals surface area contributed by atoms with E-state index in [1.54, 1.807) is 11.3 Å². The fraction of sp³-hybridized carbons (Fsp3) is 0.176. The number of rotatable bonds is 6. The van der Waals surface area contributed by atoms with E-state index in [-0.39, 0.29) is 0 Å². The molecule has 3 rings (SSSR count). The van der Waals surface area contributed by atoms with Gasteiger partial charge in [-0.1, -0.05) is 54.1 Å². The minimum absolute atomic E-state index is 0.695. The maximum atomic E-state index is 6.01. The van der Waals surface area contributed by atoms with Crippen LogP contribution in [0, 0.1) is 0 Å². The van der Waals surface area contributed by atoms with Gasteiger partial charge in [-0.15, -0.1) is 22.0 Å². The molecule has 0 radical (unpaired) electrons. The highest BCUT2D eigenvalue weighted by molar-refractivity contribution is 7.99. The second kappa shape index (κ2) is 7.81. The fourth-order valence-electron chi connectivity index (χ4n) is 2.05. The van der Waals surface area contributed by atoms with Crippen LogP contribution < -0.4 is 5.32 Å². The van der Waals surface area contributed by atoms with Crippen LogP contribution in [0.15, 0.2) is 53.4 Å². The van der Waals surface area contributed by atoms with Crippen LogP contribution in [0.2, 0.25) is 5.02 Å². The molecule has 2 aromatic carbocycles. The van der Waals surface area contributed by atoms with Crippen LogP contribution in [0.25, 0.3) is 10.6 Å². The van der Waals surface area contributed by atoms with Crippen molar-refractivity contribution in [1.29, 1.82) is 0 Å². The number of halogens is 1. The molecule has 0 amide bonds. The Morgan fingerprint density at radius 2 is 2.00 bits per heavy atom. The van der Waals surface area contributed by atoms with Crippen molar-refractivity contribution in [3.8, 4) is 10.6 Å². The number of hydrogen-bond donors (Lipinski definition) is 1. The molecule has 0 spiro atoms. The van der Waals surface area contributed by atoms with E-state index in [1.807, 2.05) is 42.1 Å². The Balaban J connectivity index is 1.82. The standard InChI is InChI=1S/C17H16ClN3S2/c1-2-10-22-15-9-4-3-8-14(15)16-20-21-17(23-16)19-13-7-5-6-12(18)11-13/h3-9,11H,2,10H2,1H3,(H,19,21). The monoisotopic (exact) mass is 361 g/mol. The second-order valence-corrected chi connectivity index (χ2v) is 7.44. The average molecular weight is 362 g/mol. The topological polar surface area (TPSA) is 37.8 Å². The van der Waals surface area contributed by atoms with Crippen LogP contribution in [0.3, 0.4) is 0 Å². The van der Waals surface area contributed by atoms with E-state index in [9.17, 15) is 0 Å². The number of hydrogen-bond acceptors (Lipinski definition) is 5. The lowest BCUT2D eigenvalue weighted by atomic mass is 10.2. The molecule has 0 fully saturated rings.